The normalized spacial score (nSPS) is 13.2. The van der Waals surface area contributed by atoms with Crippen molar-refractivity contribution in [2.24, 2.45) is 0 Å². The molecule has 0 saturated heterocycles. The lowest BCUT2D eigenvalue weighted by Gasteiger charge is -2.14. The molecule has 0 unspecified atom stereocenters. The fourth-order valence-electron chi connectivity index (χ4n) is 2.79. The fraction of sp³-hybridized carbons (Fsp3) is 0.308. The van der Waals surface area contributed by atoms with E-state index in [1.165, 1.54) is 13.8 Å². The summed E-state index contributed by atoms with van der Waals surface area (Å²) in [7, 11) is 0. The third-order valence-corrected chi connectivity index (χ3v) is 4.18. The van der Waals surface area contributed by atoms with E-state index in [9.17, 15) is 9.59 Å². The highest BCUT2D eigenvalue weighted by atomic mass is 16.6. The lowest BCUT2D eigenvalue weighted by Crippen LogP contribution is -2.20. The van der Waals surface area contributed by atoms with E-state index in [4.69, 9.17) is 18.9 Å². The summed E-state index contributed by atoms with van der Waals surface area (Å²) in [5.41, 5.74) is 2.08. The molecule has 0 bridgehead atoms. The van der Waals surface area contributed by atoms with Crippen LogP contribution >= 0.6 is 0 Å². The maximum absolute atomic E-state index is 11.4. The van der Waals surface area contributed by atoms with Crippen LogP contribution in [0.5, 0.6) is 0 Å². The van der Waals surface area contributed by atoms with Crippen LogP contribution in [0.2, 0.25) is 0 Å². The second kappa shape index (κ2) is 14.7. The highest BCUT2D eigenvalue weighted by Gasteiger charge is 2.10. The van der Waals surface area contributed by atoms with Crippen LogP contribution in [0.25, 0.3) is 0 Å². The van der Waals surface area contributed by atoms with Crippen molar-refractivity contribution in [3.8, 4) is 0 Å². The Hall–Kier alpha value is -3.22. The molecule has 0 radical (unpaired) electrons. The molecule has 6 nitrogen and oxygen atoms in total. The number of ether oxygens (including phenoxy) is 4. The van der Waals surface area contributed by atoms with Crippen molar-refractivity contribution in [2.75, 3.05) is 13.2 Å². The number of benzene rings is 2. The first-order chi connectivity index (χ1) is 15.5. The van der Waals surface area contributed by atoms with E-state index in [0.29, 0.717) is 13.2 Å². The molecule has 0 amide bonds. The van der Waals surface area contributed by atoms with Gasteiger partial charge in [0.1, 0.15) is 12.2 Å². The molecule has 2 aromatic carbocycles. The Balaban J connectivity index is 1.84. The van der Waals surface area contributed by atoms with Gasteiger partial charge in [0.2, 0.25) is 0 Å². The fourth-order valence-corrected chi connectivity index (χ4v) is 2.79. The third kappa shape index (κ3) is 11.2. The summed E-state index contributed by atoms with van der Waals surface area (Å²) in [4.78, 5) is 22.8. The molecule has 0 aromatic heterocycles. The number of hydrogen-bond donors (Lipinski definition) is 0. The first-order valence-corrected chi connectivity index (χ1v) is 10.5. The van der Waals surface area contributed by atoms with Gasteiger partial charge in [-0.05, 0) is 23.3 Å². The van der Waals surface area contributed by atoms with Gasteiger partial charge in [0.05, 0.1) is 26.4 Å². The molecule has 0 N–H and O–H groups in total. The molecule has 2 rings (SSSR count). The molecule has 2 atom stereocenters. The largest absolute Gasteiger partial charge is 0.456 e. The van der Waals surface area contributed by atoms with Gasteiger partial charge in [0.25, 0.3) is 0 Å². The topological polar surface area (TPSA) is 71.1 Å². The van der Waals surface area contributed by atoms with Crippen LogP contribution in [0.4, 0.5) is 0 Å². The van der Waals surface area contributed by atoms with Crippen molar-refractivity contribution in [3.05, 3.63) is 96.1 Å². The third-order valence-electron chi connectivity index (χ3n) is 4.18. The quantitative estimate of drug-likeness (QED) is 0.341. The summed E-state index contributed by atoms with van der Waals surface area (Å²) in [6, 6.07) is 19.5. The van der Waals surface area contributed by atoms with Gasteiger partial charge in [-0.25, -0.2) is 0 Å². The van der Waals surface area contributed by atoms with Gasteiger partial charge in [-0.3, -0.25) is 9.59 Å². The van der Waals surface area contributed by atoms with Crippen LogP contribution in [0.15, 0.2) is 85.0 Å². The standard InChI is InChI=1S/C26H30O6/c1-21(27)31-25(19-29-17-23-11-5-3-6-12-23)15-9-10-16-26(32-22(2)28)20-30-18-24-13-7-4-8-14-24/h3-16,25-26H,17-20H2,1-2H3/b15-9+,16-10+/t25-,26-/m1/s1. The molecule has 0 spiro atoms. The Bertz CT molecular complexity index is 787. The number of rotatable bonds is 13. The van der Waals surface area contributed by atoms with E-state index in [-0.39, 0.29) is 25.2 Å². The van der Waals surface area contributed by atoms with Crippen LogP contribution in [0.1, 0.15) is 25.0 Å². The van der Waals surface area contributed by atoms with Crippen molar-refractivity contribution in [2.45, 2.75) is 39.3 Å². The summed E-state index contributed by atoms with van der Waals surface area (Å²) in [5.74, 6) is -0.780. The Morgan fingerprint density at radius 1 is 0.688 bits per heavy atom. The van der Waals surface area contributed by atoms with Gasteiger partial charge in [-0.15, -0.1) is 0 Å². The molecule has 0 heterocycles. The molecular formula is C26H30O6. The van der Waals surface area contributed by atoms with Gasteiger partial charge in [-0.2, -0.15) is 0 Å². The summed E-state index contributed by atoms with van der Waals surface area (Å²) in [6.45, 7) is 4.02. The predicted molar refractivity (Wildman–Crippen MR) is 122 cm³/mol. The number of carbonyl (C=O) groups is 2. The molecule has 2 aromatic rings. The van der Waals surface area contributed by atoms with Crippen molar-refractivity contribution >= 4 is 11.9 Å². The maximum atomic E-state index is 11.4. The number of hydrogen-bond acceptors (Lipinski definition) is 6. The molecule has 0 saturated carbocycles. The van der Waals surface area contributed by atoms with Gasteiger partial charge in [-0.1, -0.05) is 72.8 Å². The van der Waals surface area contributed by atoms with Gasteiger partial charge in [0.15, 0.2) is 0 Å². The molecule has 6 heteroatoms. The van der Waals surface area contributed by atoms with E-state index in [1.807, 2.05) is 60.7 Å². The van der Waals surface area contributed by atoms with E-state index in [0.717, 1.165) is 11.1 Å². The number of allylic oxidation sites excluding steroid dienone is 2. The van der Waals surface area contributed by atoms with E-state index in [1.54, 1.807) is 24.3 Å². The van der Waals surface area contributed by atoms with Gasteiger partial charge in [0, 0.05) is 13.8 Å². The second-order valence-corrected chi connectivity index (χ2v) is 7.07. The van der Waals surface area contributed by atoms with E-state index in [2.05, 4.69) is 0 Å². The second-order valence-electron chi connectivity index (χ2n) is 7.07. The van der Waals surface area contributed by atoms with Crippen LogP contribution in [0.3, 0.4) is 0 Å². The SMILES string of the molecule is CC(=O)O[C@H](/C=C/C=C/[C@H](COCc1ccccc1)OC(C)=O)COCc1ccccc1. The highest BCUT2D eigenvalue weighted by Crippen LogP contribution is 2.06. The monoisotopic (exact) mass is 438 g/mol. The minimum absolute atomic E-state index is 0.229. The average molecular weight is 439 g/mol. The zero-order valence-electron chi connectivity index (χ0n) is 18.5. The average Bonchev–Trinajstić information content (AvgIpc) is 2.77. The molecule has 0 aliphatic carbocycles. The Morgan fingerprint density at radius 2 is 1.06 bits per heavy atom. The minimum atomic E-state index is -0.526. The zero-order valence-corrected chi connectivity index (χ0v) is 18.5. The first kappa shape index (κ1) is 25.0. The van der Waals surface area contributed by atoms with Crippen molar-refractivity contribution in [3.63, 3.8) is 0 Å². The van der Waals surface area contributed by atoms with Gasteiger partial charge >= 0.3 is 11.9 Å². The van der Waals surface area contributed by atoms with E-state index < -0.39 is 12.2 Å². The molecule has 0 aliphatic heterocycles. The Labute approximate surface area is 189 Å². The van der Waals surface area contributed by atoms with Crippen LogP contribution in [-0.4, -0.2) is 37.4 Å². The molecule has 0 fully saturated rings. The highest BCUT2D eigenvalue weighted by molar-refractivity contribution is 5.66. The lowest BCUT2D eigenvalue weighted by atomic mass is 10.2. The number of carbonyl (C=O) groups excluding carboxylic acids is 2. The molecule has 32 heavy (non-hydrogen) atoms. The summed E-state index contributed by atoms with van der Waals surface area (Å²) in [5, 5.41) is 0. The first-order valence-electron chi connectivity index (χ1n) is 10.5. The smallest absolute Gasteiger partial charge is 0.303 e. The minimum Gasteiger partial charge on any atom is -0.456 e. The molecular weight excluding hydrogens is 408 g/mol. The van der Waals surface area contributed by atoms with Crippen molar-refractivity contribution < 1.29 is 28.5 Å². The van der Waals surface area contributed by atoms with Gasteiger partial charge < -0.3 is 18.9 Å². The van der Waals surface area contributed by atoms with Crippen molar-refractivity contribution in [1.29, 1.82) is 0 Å². The lowest BCUT2D eigenvalue weighted by molar-refractivity contribution is -0.147. The zero-order chi connectivity index (χ0) is 23.0. The summed E-state index contributed by atoms with van der Waals surface area (Å²) >= 11 is 0. The Morgan fingerprint density at radius 3 is 1.41 bits per heavy atom. The number of esters is 2. The molecule has 0 aliphatic rings. The van der Waals surface area contributed by atoms with E-state index >= 15 is 0 Å². The summed E-state index contributed by atoms with van der Waals surface area (Å²) < 4.78 is 21.9. The maximum Gasteiger partial charge on any atom is 0.303 e. The summed E-state index contributed by atoms with van der Waals surface area (Å²) in [6.07, 6.45) is 5.85. The van der Waals surface area contributed by atoms with Crippen LogP contribution < -0.4 is 0 Å². The van der Waals surface area contributed by atoms with Crippen LogP contribution in [-0.2, 0) is 41.8 Å². The molecule has 170 valence electrons. The predicted octanol–water partition coefficient (Wildman–Crippen LogP) is 4.40. The Kier molecular flexibility index (Phi) is 11.5. The van der Waals surface area contributed by atoms with Crippen LogP contribution in [0, 0.1) is 0 Å². The van der Waals surface area contributed by atoms with Crippen molar-refractivity contribution in [1.82, 2.24) is 0 Å².